The molecule has 6 nitrogen and oxygen atoms in total. The first-order valence-corrected chi connectivity index (χ1v) is 7.69. The van der Waals surface area contributed by atoms with E-state index in [1.165, 1.54) is 0 Å². The molecule has 26 heavy (non-hydrogen) atoms. The molecule has 2 fully saturated rings. The van der Waals surface area contributed by atoms with E-state index in [0.717, 1.165) is 0 Å². The zero-order valence-corrected chi connectivity index (χ0v) is 18.1. The first-order chi connectivity index (χ1) is 11.3. The Morgan fingerprint density at radius 3 is 1.85 bits per heavy atom. The molecule has 2 aliphatic rings. The van der Waals surface area contributed by atoms with Crippen molar-refractivity contribution in [3.05, 3.63) is 6.42 Å². The summed E-state index contributed by atoms with van der Waals surface area (Å²) in [7, 11) is 0. The van der Waals surface area contributed by atoms with Crippen molar-refractivity contribution in [2.75, 3.05) is 13.2 Å². The van der Waals surface area contributed by atoms with Gasteiger partial charge in [-0.3, -0.25) is 14.4 Å². The summed E-state index contributed by atoms with van der Waals surface area (Å²) in [5.74, 6) is 1.61. The van der Waals surface area contributed by atoms with Gasteiger partial charge in [-0.25, -0.2) is 0 Å². The molecule has 1 N–H and O–H groups in total. The summed E-state index contributed by atoms with van der Waals surface area (Å²) in [6.45, 7) is 4.30. The first kappa shape index (κ1) is 29.7. The minimum absolute atomic E-state index is 0. The van der Waals surface area contributed by atoms with Crippen molar-refractivity contribution in [1.29, 1.82) is 0 Å². The van der Waals surface area contributed by atoms with Crippen LogP contribution in [-0.2, 0) is 23.9 Å². The average Bonchev–Trinajstić information content (AvgIpc) is 2.51. The molecule has 2 aliphatic carbocycles. The largest absolute Gasteiger partial charge is 2.00 e. The molecule has 0 unspecified atom stereocenters. The Hall–Kier alpha value is -1.06. The molecule has 0 amide bonds. The number of hydrogen-bond donors (Lipinski definition) is 1. The number of carbonyl (C=O) groups excluding carboxylic acids is 3. The number of ether oxygens (including phenoxy) is 2. The van der Waals surface area contributed by atoms with Crippen LogP contribution in [0, 0.1) is 37.0 Å². The van der Waals surface area contributed by atoms with E-state index >= 15 is 0 Å². The van der Waals surface area contributed by atoms with Gasteiger partial charge in [0.05, 0.1) is 25.0 Å². The number of terminal acetylenes is 2. The molecule has 0 heterocycles. The molecule has 2 rings (SSSR count). The normalized spacial score (nSPS) is 22.5. The minimum atomic E-state index is -1.06. The van der Waals surface area contributed by atoms with Gasteiger partial charge in [0.15, 0.2) is 0 Å². The topological polar surface area (TPSA) is 89.9 Å². The molecule has 0 aromatic heterocycles. The van der Waals surface area contributed by atoms with E-state index in [4.69, 9.17) is 22.3 Å². The van der Waals surface area contributed by atoms with Gasteiger partial charge in [-0.2, -0.15) is 0 Å². The summed E-state index contributed by atoms with van der Waals surface area (Å²) in [6.07, 6.45) is 15.5. The van der Waals surface area contributed by atoms with Crippen LogP contribution in [0.2, 0.25) is 0 Å². The smallest absolute Gasteiger partial charge is 1.00 e. The Bertz CT molecular complexity index is 512. The van der Waals surface area contributed by atoms with Gasteiger partial charge in [0, 0.05) is 25.7 Å². The predicted octanol–water partition coefficient (Wildman–Crippen LogP) is -2.32. The van der Waals surface area contributed by atoms with E-state index in [1.807, 2.05) is 0 Å². The molecule has 0 bridgehead atoms. The fraction of sp³-hybridized carbons (Fsp3) is 0.611. The van der Waals surface area contributed by atoms with Crippen molar-refractivity contribution in [3.8, 4) is 18.8 Å². The molecule has 0 aromatic carbocycles. The second-order valence-corrected chi connectivity index (χ2v) is 5.43. The molecular formula is C18H23BrMgO6. The van der Waals surface area contributed by atoms with E-state index < -0.39 is 5.60 Å². The van der Waals surface area contributed by atoms with Gasteiger partial charge in [-0.05, 0) is 13.8 Å². The Labute approximate surface area is 181 Å². The van der Waals surface area contributed by atoms with Crippen LogP contribution in [0.25, 0.3) is 0 Å². The summed E-state index contributed by atoms with van der Waals surface area (Å²) in [6, 6.07) is 0. The van der Waals surface area contributed by atoms with Gasteiger partial charge >= 0.3 is 35.0 Å². The van der Waals surface area contributed by atoms with Crippen LogP contribution in [0.1, 0.15) is 39.5 Å². The Kier molecular flexibility index (Phi) is 17.2. The van der Waals surface area contributed by atoms with Crippen molar-refractivity contribution >= 4 is 40.8 Å². The second-order valence-electron chi connectivity index (χ2n) is 5.43. The van der Waals surface area contributed by atoms with E-state index in [9.17, 15) is 19.5 Å². The van der Waals surface area contributed by atoms with Crippen LogP contribution < -0.4 is 17.0 Å². The number of rotatable bonds is 4. The maximum absolute atomic E-state index is 11.0. The number of esters is 2. The summed E-state index contributed by atoms with van der Waals surface area (Å²) < 4.78 is 9.47. The fourth-order valence-corrected chi connectivity index (χ4v) is 2.22. The zero-order chi connectivity index (χ0) is 18.8. The van der Waals surface area contributed by atoms with Gasteiger partial charge in [0.1, 0.15) is 11.4 Å². The summed E-state index contributed by atoms with van der Waals surface area (Å²) in [4.78, 5) is 32.2. The third-order valence-electron chi connectivity index (χ3n) is 3.62. The van der Waals surface area contributed by atoms with E-state index in [0.29, 0.717) is 38.9 Å². The molecule has 0 aliphatic heterocycles. The standard InChI is InChI=1S/C9H12O3.C7H10O3.C2H.BrH.Mg/c1-3-9(11)5-7(6-9)8(10)12-4-2;1-2-10-7(9)5-3-6(8)4-5;1-2;;/h1,7,11H,4-6H2,2H3;5H,2-4H2,1H3;1H;1H;/q;;-1;;+2/p-1. The number of Topliss-reactive ketones (excluding diaryl/α,β-unsaturated/α-hetero) is 1. The minimum Gasteiger partial charge on any atom is -1.00 e. The van der Waals surface area contributed by atoms with Gasteiger partial charge < -0.3 is 44.4 Å². The van der Waals surface area contributed by atoms with Crippen molar-refractivity contribution in [3.63, 3.8) is 0 Å². The molecule has 0 aromatic rings. The van der Waals surface area contributed by atoms with Crippen molar-refractivity contribution in [2.24, 2.45) is 11.8 Å². The summed E-state index contributed by atoms with van der Waals surface area (Å²) >= 11 is 0. The third kappa shape index (κ3) is 9.58. The Morgan fingerprint density at radius 1 is 1.15 bits per heavy atom. The Morgan fingerprint density at radius 2 is 1.54 bits per heavy atom. The van der Waals surface area contributed by atoms with Gasteiger partial charge in [-0.15, -0.1) is 6.42 Å². The summed E-state index contributed by atoms with van der Waals surface area (Å²) in [5, 5.41) is 9.36. The van der Waals surface area contributed by atoms with Crippen molar-refractivity contribution < 1.29 is 45.9 Å². The van der Waals surface area contributed by atoms with Crippen LogP contribution >= 0.6 is 0 Å². The maximum atomic E-state index is 11.0. The van der Waals surface area contributed by atoms with Crippen molar-refractivity contribution in [2.45, 2.75) is 45.1 Å². The molecule has 2 saturated carbocycles. The van der Waals surface area contributed by atoms with Crippen molar-refractivity contribution in [1.82, 2.24) is 0 Å². The van der Waals surface area contributed by atoms with E-state index in [-0.39, 0.29) is 69.6 Å². The SMILES string of the molecule is C#CC1(O)CC(C(=O)OCC)C1.CCOC(=O)C1CC(=O)C1.[Br-].[C-]#C.[Mg+2]. The molecule has 8 heteroatoms. The predicted molar refractivity (Wildman–Crippen MR) is 91.4 cm³/mol. The van der Waals surface area contributed by atoms with E-state index in [2.05, 4.69) is 12.3 Å². The van der Waals surface area contributed by atoms with Gasteiger partial charge in [0.2, 0.25) is 0 Å². The number of hydrogen-bond acceptors (Lipinski definition) is 6. The second kappa shape index (κ2) is 15.0. The fourth-order valence-electron chi connectivity index (χ4n) is 2.22. The molecule has 0 atom stereocenters. The summed E-state index contributed by atoms with van der Waals surface area (Å²) in [5.41, 5.74) is -1.06. The molecular weight excluding hydrogens is 416 g/mol. The first-order valence-electron chi connectivity index (χ1n) is 7.69. The van der Waals surface area contributed by atoms with Gasteiger partial charge in [-0.1, -0.05) is 5.92 Å². The number of ketones is 1. The van der Waals surface area contributed by atoms with Crippen LogP contribution in [-0.4, -0.2) is 64.7 Å². The van der Waals surface area contributed by atoms with Crippen LogP contribution in [0.4, 0.5) is 0 Å². The quantitative estimate of drug-likeness (QED) is 0.229. The van der Waals surface area contributed by atoms with Gasteiger partial charge in [0.25, 0.3) is 0 Å². The monoisotopic (exact) mass is 438 g/mol. The van der Waals surface area contributed by atoms with Crippen LogP contribution in [0.5, 0.6) is 0 Å². The number of halogens is 1. The average molecular weight is 440 g/mol. The van der Waals surface area contributed by atoms with Crippen LogP contribution in [0.15, 0.2) is 0 Å². The number of carbonyl (C=O) groups is 3. The van der Waals surface area contributed by atoms with Crippen LogP contribution in [0.3, 0.4) is 0 Å². The Balaban J connectivity index is -0.000000350. The molecule has 140 valence electrons. The maximum Gasteiger partial charge on any atom is 2.00 e. The molecule has 0 radical (unpaired) electrons. The zero-order valence-electron chi connectivity index (χ0n) is 15.1. The third-order valence-corrected chi connectivity index (χ3v) is 3.62. The van der Waals surface area contributed by atoms with E-state index in [1.54, 1.807) is 13.8 Å². The molecule has 0 spiro atoms. The molecule has 0 saturated heterocycles. The number of aliphatic hydroxyl groups is 1.